The lowest BCUT2D eigenvalue weighted by molar-refractivity contribution is 0.793. The van der Waals surface area contributed by atoms with E-state index >= 15 is 0 Å². The molecule has 6 heteroatoms. The molecule has 2 aromatic heterocycles. The summed E-state index contributed by atoms with van der Waals surface area (Å²) in [6.07, 6.45) is 3.51. The zero-order chi connectivity index (χ0) is 20.8. The number of hydrogen-bond donors (Lipinski definition) is 0. The Morgan fingerprint density at radius 1 is 0.667 bits per heavy atom. The number of aromatic nitrogens is 4. The minimum Gasteiger partial charge on any atom is -0.356 e. The van der Waals surface area contributed by atoms with Crippen LogP contribution in [-0.4, -0.2) is 47.4 Å². The second-order valence-electron chi connectivity index (χ2n) is 7.09. The largest absolute Gasteiger partial charge is 0.356 e. The van der Waals surface area contributed by atoms with Crippen molar-refractivity contribution in [3.05, 3.63) is 85.2 Å². The molecule has 2 heterocycles. The Morgan fingerprint density at radius 3 is 1.93 bits per heavy atom. The first-order valence-corrected chi connectivity index (χ1v) is 9.90. The maximum atomic E-state index is 4.61. The van der Waals surface area contributed by atoms with Crippen molar-refractivity contribution in [3.63, 3.8) is 0 Å². The zero-order valence-electron chi connectivity index (χ0n) is 17.2. The molecule has 4 rings (SSSR count). The zero-order valence-corrected chi connectivity index (χ0v) is 17.2. The molecule has 0 aliphatic carbocycles. The Bertz CT molecular complexity index is 1070. The molecule has 0 aliphatic rings. The Labute approximate surface area is 176 Å². The van der Waals surface area contributed by atoms with Crippen molar-refractivity contribution in [1.29, 1.82) is 0 Å². The van der Waals surface area contributed by atoms with Gasteiger partial charge in [0.05, 0.1) is 5.69 Å². The summed E-state index contributed by atoms with van der Waals surface area (Å²) in [5.41, 5.74) is 4.09. The second-order valence-corrected chi connectivity index (χ2v) is 7.09. The van der Waals surface area contributed by atoms with Crippen molar-refractivity contribution < 1.29 is 0 Å². The van der Waals surface area contributed by atoms with Gasteiger partial charge < -0.3 is 9.80 Å². The molecule has 0 bridgehead atoms. The Balaban J connectivity index is 1.61. The monoisotopic (exact) mass is 396 g/mol. The Kier molecular flexibility index (Phi) is 5.94. The molecule has 0 N–H and O–H groups in total. The molecule has 30 heavy (non-hydrogen) atoms. The molecule has 2 aromatic carbocycles. The van der Waals surface area contributed by atoms with E-state index in [0.717, 1.165) is 41.3 Å². The number of nitrogens with zero attached hydrogens (tertiary/aromatic N) is 6. The number of benzene rings is 2. The molecule has 6 nitrogen and oxygen atoms in total. The molecular weight excluding hydrogens is 372 g/mol. The van der Waals surface area contributed by atoms with Crippen molar-refractivity contribution in [1.82, 2.24) is 20.2 Å². The molecule has 0 saturated carbocycles. The maximum Gasteiger partial charge on any atom is 0.225 e. The standard InChI is InChI=1S/C24H24N6/c1-29(16-17-30(2)24-25-14-9-15-26-24)23-21(19-10-5-3-6-11-19)18-22(27-28-23)20-12-7-4-8-13-20/h3-15,18H,16-17H2,1-2H3. The van der Waals surface area contributed by atoms with Gasteiger partial charge in [0, 0.05) is 50.7 Å². The molecule has 0 fully saturated rings. The van der Waals surface area contributed by atoms with E-state index in [0.29, 0.717) is 5.95 Å². The second kappa shape index (κ2) is 9.13. The van der Waals surface area contributed by atoms with Crippen molar-refractivity contribution >= 4 is 11.8 Å². The van der Waals surface area contributed by atoms with Crippen LogP contribution in [0.4, 0.5) is 11.8 Å². The van der Waals surface area contributed by atoms with Crippen LogP contribution in [0.1, 0.15) is 0 Å². The molecule has 0 atom stereocenters. The van der Waals surface area contributed by atoms with Gasteiger partial charge in [0.1, 0.15) is 0 Å². The van der Waals surface area contributed by atoms with Gasteiger partial charge in [0.25, 0.3) is 0 Å². The highest BCUT2D eigenvalue weighted by Crippen LogP contribution is 2.31. The SMILES string of the molecule is CN(CCN(C)c1nnc(-c2ccccc2)cc1-c1ccccc1)c1ncccn1. The molecule has 0 saturated heterocycles. The normalized spacial score (nSPS) is 10.6. The third-order valence-corrected chi connectivity index (χ3v) is 4.95. The molecule has 150 valence electrons. The van der Waals surface area contributed by atoms with E-state index in [2.05, 4.69) is 55.4 Å². The van der Waals surface area contributed by atoms with Gasteiger partial charge in [-0.05, 0) is 17.7 Å². The van der Waals surface area contributed by atoms with Crippen LogP contribution in [0, 0.1) is 0 Å². The highest BCUT2D eigenvalue weighted by Gasteiger charge is 2.15. The lowest BCUT2D eigenvalue weighted by Crippen LogP contribution is -2.32. The summed E-state index contributed by atoms with van der Waals surface area (Å²) in [7, 11) is 4.03. The van der Waals surface area contributed by atoms with Gasteiger partial charge in [-0.3, -0.25) is 0 Å². The third kappa shape index (κ3) is 4.43. The fourth-order valence-electron chi connectivity index (χ4n) is 3.24. The van der Waals surface area contributed by atoms with E-state index in [1.165, 1.54) is 0 Å². The van der Waals surface area contributed by atoms with Gasteiger partial charge >= 0.3 is 0 Å². The molecule has 0 unspecified atom stereocenters. The quantitative estimate of drug-likeness (QED) is 0.467. The summed E-state index contributed by atoms with van der Waals surface area (Å²) in [5, 5.41) is 9.12. The average molecular weight is 396 g/mol. The van der Waals surface area contributed by atoms with Crippen LogP contribution in [0.3, 0.4) is 0 Å². The van der Waals surface area contributed by atoms with Gasteiger partial charge in [-0.2, -0.15) is 0 Å². The van der Waals surface area contributed by atoms with Gasteiger partial charge in [-0.15, -0.1) is 10.2 Å². The smallest absolute Gasteiger partial charge is 0.225 e. The molecule has 0 spiro atoms. The minimum absolute atomic E-state index is 0.708. The van der Waals surface area contributed by atoms with Crippen LogP contribution in [0.15, 0.2) is 85.2 Å². The molecule has 0 aliphatic heterocycles. The van der Waals surface area contributed by atoms with Gasteiger partial charge in [-0.25, -0.2) is 9.97 Å². The highest BCUT2D eigenvalue weighted by atomic mass is 15.3. The van der Waals surface area contributed by atoms with E-state index in [1.807, 2.05) is 61.5 Å². The van der Waals surface area contributed by atoms with E-state index in [9.17, 15) is 0 Å². The predicted molar refractivity (Wildman–Crippen MR) is 121 cm³/mol. The van der Waals surface area contributed by atoms with Crippen LogP contribution in [0.2, 0.25) is 0 Å². The summed E-state index contributed by atoms with van der Waals surface area (Å²) in [6.45, 7) is 1.52. The number of hydrogen-bond acceptors (Lipinski definition) is 6. The molecule has 4 aromatic rings. The minimum atomic E-state index is 0.708. The van der Waals surface area contributed by atoms with Gasteiger partial charge in [0.15, 0.2) is 5.82 Å². The Morgan fingerprint density at radius 2 is 1.27 bits per heavy atom. The van der Waals surface area contributed by atoms with Gasteiger partial charge in [-0.1, -0.05) is 60.7 Å². The predicted octanol–water partition coefficient (Wildman–Crippen LogP) is 4.17. The van der Waals surface area contributed by atoms with E-state index in [1.54, 1.807) is 12.4 Å². The highest BCUT2D eigenvalue weighted by molar-refractivity contribution is 5.79. The van der Waals surface area contributed by atoms with Crippen molar-refractivity contribution in [2.45, 2.75) is 0 Å². The first-order chi connectivity index (χ1) is 14.7. The fourth-order valence-corrected chi connectivity index (χ4v) is 3.24. The summed E-state index contributed by atoms with van der Waals surface area (Å²) >= 11 is 0. The Hall–Kier alpha value is -3.80. The lowest BCUT2D eigenvalue weighted by Gasteiger charge is -2.24. The van der Waals surface area contributed by atoms with E-state index in [-0.39, 0.29) is 0 Å². The van der Waals surface area contributed by atoms with Crippen LogP contribution in [-0.2, 0) is 0 Å². The summed E-state index contributed by atoms with van der Waals surface area (Å²) in [5.74, 6) is 1.56. The summed E-state index contributed by atoms with van der Waals surface area (Å²) in [4.78, 5) is 12.8. The summed E-state index contributed by atoms with van der Waals surface area (Å²) in [6, 6.07) is 24.4. The van der Waals surface area contributed by atoms with Crippen molar-refractivity contribution in [2.75, 3.05) is 37.0 Å². The molecular formula is C24H24N6. The van der Waals surface area contributed by atoms with Crippen LogP contribution < -0.4 is 9.80 Å². The average Bonchev–Trinajstić information content (AvgIpc) is 2.83. The van der Waals surface area contributed by atoms with Gasteiger partial charge in [0.2, 0.25) is 5.95 Å². The summed E-state index contributed by atoms with van der Waals surface area (Å²) < 4.78 is 0. The maximum absolute atomic E-state index is 4.61. The number of anilines is 2. The first kappa shape index (κ1) is 19.5. The lowest BCUT2D eigenvalue weighted by atomic mass is 10.0. The van der Waals surface area contributed by atoms with Crippen molar-refractivity contribution in [3.8, 4) is 22.4 Å². The topological polar surface area (TPSA) is 58.0 Å². The molecule has 0 amide bonds. The molecule has 0 radical (unpaired) electrons. The van der Waals surface area contributed by atoms with Crippen LogP contribution in [0.5, 0.6) is 0 Å². The third-order valence-electron chi connectivity index (χ3n) is 4.95. The van der Waals surface area contributed by atoms with Crippen LogP contribution in [0.25, 0.3) is 22.4 Å². The number of likely N-dealkylation sites (N-methyl/N-ethyl adjacent to an activating group) is 2. The van der Waals surface area contributed by atoms with E-state index in [4.69, 9.17) is 0 Å². The fraction of sp³-hybridized carbons (Fsp3) is 0.167. The number of rotatable bonds is 7. The van der Waals surface area contributed by atoms with Crippen molar-refractivity contribution in [2.24, 2.45) is 0 Å². The first-order valence-electron chi connectivity index (χ1n) is 9.90. The van der Waals surface area contributed by atoms with E-state index < -0.39 is 0 Å². The van der Waals surface area contributed by atoms with Crippen LogP contribution >= 0.6 is 0 Å².